The summed E-state index contributed by atoms with van der Waals surface area (Å²) < 4.78 is 45.3. The van der Waals surface area contributed by atoms with Crippen LogP contribution >= 0.6 is 0 Å². The number of carbonyl (C=O) groups is 1. The number of fused-ring (bicyclic) bond motifs is 1. The number of ether oxygens (including phenoxy) is 1. The Balaban J connectivity index is 2.19. The van der Waals surface area contributed by atoms with Crippen LogP contribution < -0.4 is 0 Å². The molecule has 2 atom stereocenters. The minimum Gasteiger partial charge on any atom is -0.465 e. The third kappa shape index (κ3) is 3.66. The Morgan fingerprint density at radius 2 is 1.87 bits per heavy atom. The van der Waals surface area contributed by atoms with Gasteiger partial charge in [0.1, 0.15) is 5.92 Å². The molecule has 1 aromatic carbocycles. The van der Waals surface area contributed by atoms with Gasteiger partial charge < -0.3 is 4.74 Å². The zero-order chi connectivity index (χ0) is 22.3. The second-order valence-corrected chi connectivity index (χ2v) is 8.13. The first-order valence-corrected chi connectivity index (χ1v) is 10.1. The first kappa shape index (κ1) is 22.1. The van der Waals surface area contributed by atoms with Crippen LogP contribution in [0, 0.1) is 11.3 Å². The van der Waals surface area contributed by atoms with Gasteiger partial charge in [-0.3, -0.25) is 9.80 Å². The Bertz CT molecular complexity index is 914. The molecule has 0 fully saturated rings. The smallest absolute Gasteiger partial charge is 0.412 e. The predicted octanol–water partition coefficient (Wildman–Crippen LogP) is 5.47. The lowest BCUT2D eigenvalue weighted by Gasteiger charge is -2.33. The second-order valence-electron chi connectivity index (χ2n) is 8.13. The predicted molar refractivity (Wildman–Crippen MR) is 110 cm³/mol. The van der Waals surface area contributed by atoms with Crippen LogP contribution in [0.3, 0.4) is 0 Å². The van der Waals surface area contributed by atoms with Crippen molar-refractivity contribution in [2.75, 3.05) is 6.61 Å². The molecule has 2 heterocycles. The van der Waals surface area contributed by atoms with Gasteiger partial charge >= 0.3 is 12.1 Å². The summed E-state index contributed by atoms with van der Waals surface area (Å²) in [6, 6.07) is 8.79. The van der Waals surface area contributed by atoms with Crippen LogP contribution in [0.5, 0.6) is 0 Å². The van der Waals surface area contributed by atoms with E-state index in [1.54, 1.807) is 11.9 Å². The van der Waals surface area contributed by atoms with Crippen molar-refractivity contribution in [1.82, 2.24) is 5.01 Å². The van der Waals surface area contributed by atoms with Gasteiger partial charge in [-0.05, 0) is 37.5 Å². The molecule has 7 heteroatoms. The summed E-state index contributed by atoms with van der Waals surface area (Å²) in [5.74, 6) is -1.10. The molecule has 4 nitrogen and oxygen atoms in total. The number of benzene rings is 1. The minimum absolute atomic E-state index is 0.221. The lowest BCUT2D eigenvalue weighted by molar-refractivity contribution is -0.147. The molecule has 0 aliphatic carbocycles. The van der Waals surface area contributed by atoms with E-state index in [-0.39, 0.29) is 6.61 Å². The number of halogens is 3. The Kier molecular flexibility index (Phi) is 5.85. The monoisotopic (exact) mass is 420 g/mol. The summed E-state index contributed by atoms with van der Waals surface area (Å²) >= 11 is 0. The maximum absolute atomic E-state index is 13.3. The summed E-state index contributed by atoms with van der Waals surface area (Å²) in [7, 11) is 0. The fourth-order valence-electron chi connectivity index (χ4n) is 4.50. The fourth-order valence-corrected chi connectivity index (χ4v) is 4.50. The Hall–Kier alpha value is -2.57. The standard InChI is InChI=1S/C23H27F3N2O2/c1-6-16-17(13-14(3)23(24,25)26)28-20(22(16,4)5)18(21(29)30-7-2)19(27-28)15-11-9-8-10-12-15/h8-13,18,20H,6-7H2,1-5H3/b14-13+/t18-,20-/m0/s1. The van der Waals surface area contributed by atoms with Crippen molar-refractivity contribution < 1.29 is 22.7 Å². The van der Waals surface area contributed by atoms with Crippen molar-refractivity contribution in [1.29, 1.82) is 0 Å². The summed E-state index contributed by atoms with van der Waals surface area (Å²) in [6.45, 7) is 8.85. The van der Waals surface area contributed by atoms with Crippen molar-refractivity contribution in [3.05, 3.63) is 58.8 Å². The number of rotatable bonds is 5. The molecular formula is C23H27F3N2O2. The molecule has 0 saturated carbocycles. The van der Waals surface area contributed by atoms with E-state index < -0.39 is 35.1 Å². The Morgan fingerprint density at radius 3 is 2.40 bits per heavy atom. The average molecular weight is 420 g/mol. The van der Waals surface area contributed by atoms with Gasteiger partial charge in [-0.15, -0.1) is 0 Å². The van der Waals surface area contributed by atoms with Crippen molar-refractivity contribution in [2.45, 2.75) is 53.3 Å². The molecule has 0 amide bonds. The normalized spacial score (nSPS) is 23.5. The van der Waals surface area contributed by atoms with E-state index >= 15 is 0 Å². The first-order valence-electron chi connectivity index (χ1n) is 10.1. The zero-order valence-electron chi connectivity index (χ0n) is 17.9. The Morgan fingerprint density at radius 1 is 1.23 bits per heavy atom. The highest BCUT2D eigenvalue weighted by atomic mass is 19.4. The van der Waals surface area contributed by atoms with E-state index in [1.807, 2.05) is 51.1 Å². The highest BCUT2D eigenvalue weighted by Crippen LogP contribution is 2.52. The van der Waals surface area contributed by atoms with Crippen LogP contribution in [0.15, 0.2) is 58.4 Å². The summed E-state index contributed by atoms with van der Waals surface area (Å²) in [5, 5.41) is 6.30. The molecule has 1 aromatic rings. The molecule has 3 rings (SSSR count). The van der Waals surface area contributed by atoms with Crippen LogP contribution in [0.1, 0.15) is 46.6 Å². The van der Waals surface area contributed by atoms with Gasteiger partial charge in [-0.2, -0.15) is 18.3 Å². The number of hydrazone groups is 1. The van der Waals surface area contributed by atoms with Gasteiger partial charge in [-0.1, -0.05) is 51.1 Å². The average Bonchev–Trinajstić information content (AvgIpc) is 3.16. The third-order valence-electron chi connectivity index (χ3n) is 5.93. The molecule has 162 valence electrons. The minimum atomic E-state index is -4.43. The van der Waals surface area contributed by atoms with E-state index in [2.05, 4.69) is 0 Å². The van der Waals surface area contributed by atoms with Gasteiger partial charge in [0.2, 0.25) is 0 Å². The third-order valence-corrected chi connectivity index (χ3v) is 5.93. The van der Waals surface area contributed by atoms with Crippen LogP contribution in [-0.2, 0) is 9.53 Å². The molecule has 0 unspecified atom stereocenters. The molecule has 0 radical (unpaired) electrons. The summed E-state index contributed by atoms with van der Waals surface area (Å²) in [5.41, 5.74) is 1.29. The number of esters is 1. The molecule has 0 bridgehead atoms. The van der Waals surface area contributed by atoms with E-state index in [0.717, 1.165) is 24.1 Å². The van der Waals surface area contributed by atoms with Crippen LogP contribution in [0.4, 0.5) is 13.2 Å². The Labute approximate surface area is 175 Å². The van der Waals surface area contributed by atoms with E-state index in [9.17, 15) is 18.0 Å². The van der Waals surface area contributed by atoms with Gasteiger partial charge in [-0.25, -0.2) is 0 Å². The summed E-state index contributed by atoms with van der Waals surface area (Å²) in [4.78, 5) is 13.0. The molecule has 0 N–H and O–H groups in total. The molecule has 0 spiro atoms. The second kappa shape index (κ2) is 7.93. The zero-order valence-corrected chi connectivity index (χ0v) is 17.9. The number of carbonyl (C=O) groups excluding carboxylic acids is 1. The van der Waals surface area contributed by atoms with Crippen molar-refractivity contribution >= 4 is 11.7 Å². The summed E-state index contributed by atoms with van der Waals surface area (Å²) in [6.07, 6.45) is -2.72. The topological polar surface area (TPSA) is 41.9 Å². The molecule has 0 aromatic heterocycles. The largest absolute Gasteiger partial charge is 0.465 e. The molecule has 2 aliphatic rings. The van der Waals surface area contributed by atoms with Crippen molar-refractivity contribution in [2.24, 2.45) is 16.4 Å². The van der Waals surface area contributed by atoms with Gasteiger partial charge in [0.25, 0.3) is 0 Å². The quantitative estimate of drug-likeness (QED) is 0.594. The highest BCUT2D eigenvalue weighted by Gasteiger charge is 2.57. The first-order chi connectivity index (χ1) is 14.0. The number of alkyl halides is 3. The molecule has 0 saturated heterocycles. The van der Waals surface area contributed by atoms with Gasteiger partial charge in [0.15, 0.2) is 0 Å². The maximum Gasteiger partial charge on any atom is 0.412 e. The SMILES string of the molecule is CCOC(=O)[C@H]1C(c2ccccc2)=NN2C(/C=C(\C)C(F)(F)F)=C(CC)C(C)(C)[C@H]12. The number of hydrogen-bond donors (Lipinski definition) is 0. The number of nitrogens with zero attached hydrogens (tertiary/aromatic N) is 2. The maximum atomic E-state index is 13.3. The molecule has 30 heavy (non-hydrogen) atoms. The lowest BCUT2D eigenvalue weighted by Crippen LogP contribution is -2.44. The van der Waals surface area contributed by atoms with Gasteiger partial charge in [0.05, 0.1) is 24.1 Å². The van der Waals surface area contributed by atoms with Crippen molar-refractivity contribution in [3.63, 3.8) is 0 Å². The lowest BCUT2D eigenvalue weighted by atomic mass is 9.72. The fraction of sp³-hybridized carbons (Fsp3) is 0.478. The number of allylic oxidation sites excluding steroid dienone is 2. The number of hydrogen-bond acceptors (Lipinski definition) is 4. The molecule has 2 aliphatic heterocycles. The van der Waals surface area contributed by atoms with E-state index in [0.29, 0.717) is 17.8 Å². The van der Waals surface area contributed by atoms with E-state index in [4.69, 9.17) is 9.84 Å². The molecular weight excluding hydrogens is 393 g/mol. The van der Waals surface area contributed by atoms with Gasteiger partial charge in [0, 0.05) is 11.0 Å². The van der Waals surface area contributed by atoms with Crippen molar-refractivity contribution in [3.8, 4) is 0 Å². The van der Waals surface area contributed by atoms with Crippen LogP contribution in [0.25, 0.3) is 0 Å². The van der Waals surface area contributed by atoms with Crippen LogP contribution in [0.2, 0.25) is 0 Å². The van der Waals surface area contributed by atoms with E-state index in [1.165, 1.54) is 0 Å². The highest BCUT2D eigenvalue weighted by molar-refractivity contribution is 6.13. The van der Waals surface area contributed by atoms with Crippen LogP contribution in [-0.4, -0.2) is 35.5 Å².